The predicted molar refractivity (Wildman–Crippen MR) is 144 cm³/mol. The number of nitrogens with zero attached hydrogens (tertiary/aromatic N) is 2. The van der Waals surface area contributed by atoms with E-state index in [4.69, 9.17) is 16.3 Å². The van der Waals surface area contributed by atoms with E-state index >= 15 is 0 Å². The molecule has 1 unspecified atom stereocenters. The Morgan fingerprint density at radius 2 is 1.69 bits per heavy atom. The first-order chi connectivity index (χ1) is 17.3. The molecule has 4 rings (SSSR count). The van der Waals surface area contributed by atoms with Crippen molar-refractivity contribution in [1.82, 2.24) is 0 Å². The lowest BCUT2D eigenvalue weighted by Crippen LogP contribution is -2.30. The van der Waals surface area contributed by atoms with Crippen molar-refractivity contribution in [2.24, 2.45) is 0 Å². The smallest absolute Gasteiger partial charge is 0.300 e. The second kappa shape index (κ2) is 10.5. The number of hydrogen-bond acceptors (Lipinski definition) is 5. The van der Waals surface area contributed by atoms with Crippen LogP contribution in [0.4, 0.5) is 11.4 Å². The van der Waals surface area contributed by atoms with Gasteiger partial charge >= 0.3 is 0 Å². The molecule has 1 amide bonds. The van der Waals surface area contributed by atoms with Crippen LogP contribution in [-0.4, -0.2) is 37.0 Å². The summed E-state index contributed by atoms with van der Waals surface area (Å²) in [6.45, 7) is 7.80. The normalized spacial score (nSPS) is 16.9. The molecule has 1 N–H and O–H groups in total. The number of ketones is 1. The monoisotopic (exact) mass is 504 g/mol. The van der Waals surface area contributed by atoms with Gasteiger partial charge in [-0.1, -0.05) is 35.9 Å². The van der Waals surface area contributed by atoms with Crippen molar-refractivity contribution in [2.45, 2.75) is 26.8 Å². The Balaban J connectivity index is 1.90. The fourth-order valence-corrected chi connectivity index (χ4v) is 4.86. The van der Waals surface area contributed by atoms with Gasteiger partial charge in [0.2, 0.25) is 0 Å². The van der Waals surface area contributed by atoms with Gasteiger partial charge in [0, 0.05) is 30.0 Å². The molecule has 1 heterocycles. The SMILES string of the molecule is CCN(CC)c1ccc(N2C(=O)C(=O)/C(=C(/O)c3ccc(Cl)c(OC)c3)C2c2ccccc2C)cc1. The van der Waals surface area contributed by atoms with E-state index in [1.807, 2.05) is 55.5 Å². The predicted octanol–water partition coefficient (Wildman–Crippen LogP) is 6.13. The number of aryl methyl sites for hydroxylation is 1. The number of amides is 1. The number of methoxy groups -OCH3 is 1. The number of halogens is 1. The average Bonchev–Trinajstić information content (AvgIpc) is 3.15. The number of hydrogen-bond donors (Lipinski definition) is 1. The number of Topliss-reactive ketones (excluding diaryl/α,β-unsaturated/α-hetero) is 1. The highest BCUT2D eigenvalue weighted by atomic mass is 35.5. The van der Waals surface area contributed by atoms with Crippen molar-refractivity contribution in [3.63, 3.8) is 0 Å². The van der Waals surface area contributed by atoms with Crippen LogP contribution in [0.5, 0.6) is 5.75 Å². The molecule has 1 fully saturated rings. The lowest BCUT2D eigenvalue weighted by Gasteiger charge is -2.27. The van der Waals surface area contributed by atoms with Crippen LogP contribution in [0.1, 0.15) is 36.6 Å². The zero-order valence-corrected chi connectivity index (χ0v) is 21.5. The fraction of sp³-hybridized carbons (Fsp3) is 0.241. The third-order valence-electron chi connectivity index (χ3n) is 6.61. The molecule has 1 aliphatic heterocycles. The highest BCUT2D eigenvalue weighted by Crippen LogP contribution is 2.44. The topological polar surface area (TPSA) is 70.1 Å². The van der Waals surface area contributed by atoms with E-state index in [0.29, 0.717) is 22.0 Å². The van der Waals surface area contributed by atoms with E-state index in [2.05, 4.69) is 18.7 Å². The third-order valence-corrected chi connectivity index (χ3v) is 6.92. The van der Waals surface area contributed by atoms with Crippen LogP contribution in [0.2, 0.25) is 5.02 Å². The van der Waals surface area contributed by atoms with Gasteiger partial charge in [-0.05, 0) is 74.4 Å². The van der Waals surface area contributed by atoms with Gasteiger partial charge in [-0.2, -0.15) is 0 Å². The van der Waals surface area contributed by atoms with Crippen LogP contribution in [0, 0.1) is 6.92 Å². The van der Waals surface area contributed by atoms with Crippen molar-refractivity contribution in [3.8, 4) is 5.75 Å². The number of aliphatic hydroxyl groups excluding tert-OH is 1. The Morgan fingerprint density at radius 3 is 2.31 bits per heavy atom. The molecule has 0 bridgehead atoms. The summed E-state index contributed by atoms with van der Waals surface area (Å²) in [5, 5.41) is 11.7. The Morgan fingerprint density at radius 1 is 1.03 bits per heavy atom. The molecular formula is C29H29ClN2O4. The van der Waals surface area contributed by atoms with Crippen molar-refractivity contribution in [1.29, 1.82) is 0 Å². The Bertz CT molecular complexity index is 1330. The number of aliphatic hydroxyl groups is 1. The van der Waals surface area contributed by atoms with Gasteiger partial charge in [0.15, 0.2) is 0 Å². The fourth-order valence-electron chi connectivity index (χ4n) is 4.66. The van der Waals surface area contributed by atoms with Crippen LogP contribution in [-0.2, 0) is 9.59 Å². The van der Waals surface area contributed by atoms with Gasteiger partial charge in [0.05, 0.1) is 23.7 Å². The molecule has 3 aromatic rings. The van der Waals surface area contributed by atoms with E-state index in [1.54, 1.807) is 18.2 Å². The molecule has 1 saturated heterocycles. The van der Waals surface area contributed by atoms with Gasteiger partial charge < -0.3 is 14.7 Å². The second-order valence-electron chi connectivity index (χ2n) is 8.56. The van der Waals surface area contributed by atoms with Crippen LogP contribution < -0.4 is 14.5 Å². The number of rotatable bonds is 7. The maximum Gasteiger partial charge on any atom is 0.300 e. The summed E-state index contributed by atoms with van der Waals surface area (Å²) in [5.41, 5.74) is 3.62. The minimum Gasteiger partial charge on any atom is -0.507 e. The second-order valence-corrected chi connectivity index (χ2v) is 8.97. The van der Waals surface area contributed by atoms with E-state index < -0.39 is 17.7 Å². The van der Waals surface area contributed by atoms with Crippen molar-refractivity contribution in [3.05, 3.63) is 94.0 Å². The first-order valence-corrected chi connectivity index (χ1v) is 12.3. The Kier molecular flexibility index (Phi) is 7.36. The van der Waals surface area contributed by atoms with Crippen molar-refractivity contribution >= 4 is 40.4 Å². The van der Waals surface area contributed by atoms with E-state index in [0.717, 1.165) is 29.9 Å². The first-order valence-electron chi connectivity index (χ1n) is 11.9. The lowest BCUT2D eigenvalue weighted by atomic mass is 9.92. The molecule has 186 valence electrons. The highest BCUT2D eigenvalue weighted by Gasteiger charge is 2.47. The minimum atomic E-state index is -0.799. The molecule has 0 spiro atoms. The number of carbonyl (C=O) groups is 2. The Hall–Kier alpha value is -3.77. The summed E-state index contributed by atoms with van der Waals surface area (Å²) in [6.07, 6.45) is 0. The summed E-state index contributed by atoms with van der Waals surface area (Å²) in [6, 6.07) is 19.1. The summed E-state index contributed by atoms with van der Waals surface area (Å²) in [5.74, 6) is -1.36. The summed E-state index contributed by atoms with van der Waals surface area (Å²) < 4.78 is 5.28. The van der Waals surface area contributed by atoms with Crippen LogP contribution in [0.3, 0.4) is 0 Å². The van der Waals surface area contributed by atoms with Gasteiger partial charge in [-0.15, -0.1) is 0 Å². The summed E-state index contributed by atoms with van der Waals surface area (Å²) in [4.78, 5) is 30.5. The maximum atomic E-state index is 13.4. The molecule has 0 radical (unpaired) electrons. The van der Waals surface area contributed by atoms with Crippen LogP contribution in [0.15, 0.2) is 72.3 Å². The zero-order chi connectivity index (χ0) is 26.0. The number of ether oxygens (including phenoxy) is 1. The van der Waals surface area contributed by atoms with E-state index in [9.17, 15) is 14.7 Å². The Labute approximate surface area is 216 Å². The molecule has 7 heteroatoms. The number of anilines is 2. The molecule has 0 aromatic heterocycles. The zero-order valence-electron chi connectivity index (χ0n) is 20.8. The number of carbonyl (C=O) groups excluding carboxylic acids is 2. The lowest BCUT2D eigenvalue weighted by molar-refractivity contribution is -0.132. The first kappa shape index (κ1) is 25.3. The maximum absolute atomic E-state index is 13.4. The largest absolute Gasteiger partial charge is 0.507 e. The molecule has 3 aromatic carbocycles. The minimum absolute atomic E-state index is 0.0199. The van der Waals surface area contributed by atoms with E-state index in [-0.39, 0.29) is 11.3 Å². The summed E-state index contributed by atoms with van der Waals surface area (Å²) >= 11 is 6.16. The van der Waals surface area contributed by atoms with Crippen LogP contribution in [0.25, 0.3) is 5.76 Å². The van der Waals surface area contributed by atoms with Crippen molar-refractivity contribution in [2.75, 3.05) is 30.0 Å². The molecule has 1 aliphatic rings. The van der Waals surface area contributed by atoms with Gasteiger partial charge in [0.1, 0.15) is 11.5 Å². The molecule has 1 atom stereocenters. The van der Waals surface area contributed by atoms with Gasteiger partial charge in [-0.3, -0.25) is 14.5 Å². The van der Waals surface area contributed by atoms with Crippen LogP contribution >= 0.6 is 11.6 Å². The van der Waals surface area contributed by atoms with E-state index in [1.165, 1.54) is 12.0 Å². The highest BCUT2D eigenvalue weighted by molar-refractivity contribution is 6.51. The van der Waals surface area contributed by atoms with Gasteiger partial charge in [-0.25, -0.2) is 0 Å². The standard InChI is InChI=1S/C29H29ClN2O4/c1-5-31(6-2)20-12-14-21(15-13-20)32-26(22-10-8-7-9-18(22)3)25(28(34)29(32)35)27(33)19-11-16-23(30)24(17-19)36-4/h7-17,26,33H,5-6H2,1-4H3/b27-25+. The number of benzene rings is 3. The van der Waals surface area contributed by atoms with Crippen molar-refractivity contribution < 1.29 is 19.4 Å². The molecular weight excluding hydrogens is 476 g/mol. The average molecular weight is 505 g/mol. The van der Waals surface area contributed by atoms with Gasteiger partial charge in [0.25, 0.3) is 11.7 Å². The molecule has 6 nitrogen and oxygen atoms in total. The third kappa shape index (κ3) is 4.44. The molecule has 0 saturated carbocycles. The molecule has 36 heavy (non-hydrogen) atoms. The molecule has 0 aliphatic carbocycles. The quantitative estimate of drug-likeness (QED) is 0.238. The summed E-state index contributed by atoms with van der Waals surface area (Å²) in [7, 11) is 1.47.